The molecular formula is C29H38N2O4S. The van der Waals surface area contributed by atoms with Crippen LogP contribution < -0.4 is 10.1 Å². The number of benzene rings is 2. The average molecular weight is 511 g/mol. The Bertz CT molecular complexity index is 1020. The number of hydrogen-bond donors (Lipinski definition) is 2. The van der Waals surface area contributed by atoms with Crippen molar-refractivity contribution in [1.29, 1.82) is 0 Å². The number of aryl methyl sites for hydroxylation is 1. The van der Waals surface area contributed by atoms with Crippen LogP contribution in [0, 0.1) is 19.3 Å². The molecule has 0 radical (unpaired) electrons. The molecule has 1 heterocycles. The van der Waals surface area contributed by atoms with E-state index in [0.717, 1.165) is 30.6 Å². The van der Waals surface area contributed by atoms with Gasteiger partial charge in [0.1, 0.15) is 17.3 Å². The number of nitrogens with one attached hydrogen (secondary N) is 1. The van der Waals surface area contributed by atoms with Gasteiger partial charge in [0.25, 0.3) is 0 Å². The number of nitrogens with zero attached hydrogens (tertiary/aromatic N) is 1. The van der Waals surface area contributed by atoms with Gasteiger partial charge in [-0.3, -0.25) is 9.69 Å². The van der Waals surface area contributed by atoms with Gasteiger partial charge in [-0.15, -0.1) is 18.2 Å². The van der Waals surface area contributed by atoms with Crippen molar-refractivity contribution in [2.24, 2.45) is 0 Å². The Hall–Kier alpha value is -2.50. The molecule has 1 aliphatic rings. The largest absolute Gasteiger partial charge is 0.493 e. The zero-order valence-corrected chi connectivity index (χ0v) is 22.4. The molecule has 0 unspecified atom stereocenters. The van der Waals surface area contributed by atoms with Crippen LogP contribution in [0.15, 0.2) is 42.5 Å². The maximum Gasteiger partial charge on any atom is 0.223 e. The number of carbonyl (C=O) groups is 1. The van der Waals surface area contributed by atoms with Gasteiger partial charge in [-0.05, 0) is 73.9 Å². The van der Waals surface area contributed by atoms with Gasteiger partial charge in [-0.2, -0.15) is 0 Å². The first-order chi connectivity index (χ1) is 17.4. The van der Waals surface area contributed by atoms with E-state index in [2.05, 4.69) is 48.5 Å². The van der Waals surface area contributed by atoms with E-state index in [-0.39, 0.29) is 17.4 Å². The summed E-state index contributed by atoms with van der Waals surface area (Å²) in [5.41, 5.74) is 4.75. The summed E-state index contributed by atoms with van der Waals surface area (Å²) in [6.07, 6.45) is 9.28. The number of thioether (sulfide) groups is 1. The summed E-state index contributed by atoms with van der Waals surface area (Å²) >= 11 is 1.70. The first-order valence-electron chi connectivity index (χ1n) is 12.5. The minimum absolute atomic E-state index is 0.0352. The summed E-state index contributed by atoms with van der Waals surface area (Å²) in [5.74, 6) is 3.29. The molecule has 1 aliphatic heterocycles. The fraction of sp³-hybridized carbons (Fsp3) is 0.483. The molecule has 2 aromatic rings. The molecule has 0 aromatic heterocycles. The molecule has 0 aliphatic carbocycles. The second-order valence-electron chi connectivity index (χ2n) is 9.26. The molecule has 3 atom stereocenters. The molecule has 2 N–H and O–H groups in total. The highest BCUT2D eigenvalue weighted by Gasteiger charge is 2.31. The third-order valence-electron chi connectivity index (χ3n) is 6.40. The highest BCUT2D eigenvalue weighted by atomic mass is 32.2. The Morgan fingerprint density at radius 3 is 2.78 bits per heavy atom. The minimum atomic E-state index is -0.475. The number of aliphatic hydroxyl groups excluding tert-OH is 1. The third kappa shape index (κ3) is 8.56. The normalized spacial score (nSPS) is 19.6. The van der Waals surface area contributed by atoms with Crippen molar-refractivity contribution in [3.8, 4) is 18.1 Å². The molecule has 3 rings (SSSR count). The Labute approximate surface area is 219 Å². The monoisotopic (exact) mass is 510 g/mol. The summed E-state index contributed by atoms with van der Waals surface area (Å²) in [6, 6.07) is 14.3. The standard InChI is InChI=1S/C29H38N2O4S/c1-5-16-31(3)17-15-30-27(33)14-18-34-25-10-7-22(8-11-25)19-24-20-23(9-6-21(24)2)29-26(32)12-13-28(35-29)36-4/h1,6-11,20,26,28-29,32H,12-19H2,2-4H3,(H,30,33)/t26-,28-,29+/m1/s1. The van der Waals surface area contributed by atoms with Crippen molar-refractivity contribution in [1.82, 2.24) is 10.2 Å². The Morgan fingerprint density at radius 2 is 2.06 bits per heavy atom. The van der Waals surface area contributed by atoms with Crippen LogP contribution >= 0.6 is 11.8 Å². The van der Waals surface area contributed by atoms with Crippen LogP contribution in [0.4, 0.5) is 0 Å². The van der Waals surface area contributed by atoms with Gasteiger partial charge in [0, 0.05) is 13.1 Å². The van der Waals surface area contributed by atoms with Crippen molar-refractivity contribution in [3.05, 3.63) is 64.7 Å². The number of carbonyl (C=O) groups excluding carboxylic acids is 1. The fourth-order valence-corrected chi connectivity index (χ4v) is 4.81. The number of ether oxygens (including phenoxy) is 2. The molecule has 1 saturated heterocycles. The van der Waals surface area contributed by atoms with E-state index in [1.165, 1.54) is 16.7 Å². The maximum atomic E-state index is 12.0. The van der Waals surface area contributed by atoms with Gasteiger partial charge in [0.15, 0.2) is 0 Å². The van der Waals surface area contributed by atoms with Crippen molar-refractivity contribution >= 4 is 17.7 Å². The molecule has 1 fully saturated rings. The van der Waals surface area contributed by atoms with E-state index in [0.29, 0.717) is 32.7 Å². The topological polar surface area (TPSA) is 71.0 Å². The lowest BCUT2D eigenvalue weighted by Crippen LogP contribution is -2.33. The van der Waals surface area contributed by atoms with Crippen LogP contribution in [0.5, 0.6) is 5.75 Å². The highest BCUT2D eigenvalue weighted by Crippen LogP contribution is 2.36. The van der Waals surface area contributed by atoms with Crippen LogP contribution in [0.1, 0.15) is 47.6 Å². The fourth-order valence-electron chi connectivity index (χ4n) is 4.21. The van der Waals surface area contributed by atoms with Crippen LogP contribution in [0.2, 0.25) is 0 Å². The van der Waals surface area contributed by atoms with Crippen molar-refractivity contribution in [2.75, 3.05) is 39.5 Å². The number of hydrogen-bond acceptors (Lipinski definition) is 6. The summed E-state index contributed by atoms with van der Waals surface area (Å²) in [7, 11) is 1.92. The second kappa shape index (κ2) is 14.3. The molecule has 0 bridgehead atoms. The Kier molecular flexibility index (Phi) is 11.1. The zero-order chi connectivity index (χ0) is 25.9. The van der Waals surface area contributed by atoms with Crippen molar-refractivity contribution < 1.29 is 19.4 Å². The van der Waals surface area contributed by atoms with E-state index in [1.54, 1.807) is 11.8 Å². The quantitative estimate of drug-likeness (QED) is 0.422. The lowest BCUT2D eigenvalue weighted by molar-refractivity contribution is -0.121. The molecule has 194 valence electrons. The molecule has 6 nitrogen and oxygen atoms in total. The number of amides is 1. The van der Waals surface area contributed by atoms with Crippen LogP contribution in [-0.2, 0) is 16.0 Å². The lowest BCUT2D eigenvalue weighted by Gasteiger charge is -2.33. The van der Waals surface area contributed by atoms with Crippen LogP contribution in [-0.4, -0.2) is 67.0 Å². The summed E-state index contributed by atoms with van der Waals surface area (Å²) in [6.45, 7) is 4.28. The Balaban J connectivity index is 1.49. The predicted molar refractivity (Wildman–Crippen MR) is 146 cm³/mol. The summed E-state index contributed by atoms with van der Waals surface area (Å²) in [5, 5.41) is 13.4. The van der Waals surface area contributed by atoms with Crippen LogP contribution in [0.3, 0.4) is 0 Å². The first-order valence-corrected chi connectivity index (χ1v) is 13.7. The van der Waals surface area contributed by atoms with E-state index in [9.17, 15) is 9.90 Å². The average Bonchev–Trinajstić information content (AvgIpc) is 2.87. The van der Waals surface area contributed by atoms with Gasteiger partial charge in [0.2, 0.25) is 5.91 Å². The van der Waals surface area contributed by atoms with Gasteiger partial charge in [-0.1, -0.05) is 36.3 Å². The number of likely N-dealkylation sites (N-methyl/N-ethyl adjacent to an activating group) is 1. The van der Waals surface area contributed by atoms with Gasteiger partial charge in [0.05, 0.1) is 25.7 Å². The zero-order valence-electron chi connectivity index (χ0n) is 21.5. The Morgan fingerprint density at radius 1 is 1.28 bits per heavy atom. The first kappa shape index (κ1) is 28.1. The molecule has 1 amide bonds. The van der Waals surface area contributed by atoms with Crippen LogP contribution in [0.25, 0.3) is 0 Å². The van der Waals surface area contributed by atoms with Gasteiger partial charge in [-0.25, -0.2) is 0 Å². The smallest absolute Gasteiger partial charge is 0.223 e. The third-order valence-corrected chi connectivity index (χ3v) is 7.28. The number of terminal acetylenes is 1. The molecule has 7 heteroatoms. The molecule has 0 spiro atoms. The molecular weight excluding hydrogens is 472 g/mol. The number of aliphatic hydroxyl groups is 1. The van der Waals surface area contributed by atoms with E-state index in [1.807, 2.05) is 30.3 Å². The lowest BCUT2D eigenvalue weighted by atomic mass is 9.93. The van der Waals surface area contributed by atoms with E-state index >= 15 is 0 Å². The number of rotatable bonds is 12. The molecule has 36 heavy (non-hydrogen) atoms. The summed E-state index contributed by atoms with van der Waals surface area (Å²) < 4.78 is 11.9. The highest BCUT2D eigenvalue weighted by molar-refractivity contribution is 7.99. The predicted octanol–water partition coefficient (Wildman–Crippen LogP) is 3.94. The summed E-state index contributed by atoms with van der Waals surface area (Å²) in [4.78, 5) is 14.0. The SMILES string of the molecule is C#CCN(C)CCNC(=O)CCOc1ccc(Cc2cc([C@@H]3O[C@H](SC)CC[C@H]3O)ccc2C)cc1. The van der Waals surface area contributed by atoms with E-state index in [4.69, 9.17) is 15.9 Å². The molecule has 2 aromatic carbocycles. The van der Waals surface area contributed by atoms with Crippen molar-refractivity contribution in [2.45, 2.75) is 50.3 Å². The maximum absolute atomic E-state index is 12.0. The van der Waals surface area contributed by atoms with Gasteiger partial charge < -0.3 is 19.9 Å². The van der Waals surface area contributed by atoms with Gasteiger partial charge >= 0.3 is 0 Å². The second-order valence-corrected chi connectivity index (χ2v) is 10.3. The van der Waals surface area contributed by atoms with Crippen molar-refractivity contribution in [3.63, 3.8) is 0 Å². The van der Waals surface area contributed by atoms with E-state index < -0.39 is 6.10 Å². The minimum Gasteiger partial charge on any atom is -0.493 e. The molecule has 0 saturated carbocycles.